The van der Waals surface area contributed by atoms with E-state index in [1.54, 1.807) is 13.8 Å². The summed E-state index contributed by atoms with van der Waals surface area (Å²) in [5, 5.41) is 2.57. The van der Waals surface area contributed by atoms with Gasteiger partial charge in [0, 0.05) is 19.5 Å². The molecule has 1 aliphatic heterocycles. The van der Waals surface area contributed by atoms with Crippen LogP contribution in [0.2, 0.25) is 0 Å². The minimum atomic E-state index is -4.00. The van der Waals surface area contributed by atoms with Gasteiger partial charge in [-0.2, -0.15) is 0 Å². The number of amides is 1. The van der Waals surface area contributed by atoms with Crippen molar-refractivity contribution >= 4 is 27.9 Å². The molecule has 11 nitrogen and oxygen atoms in total. The van der Waals surface area contributed by atoms with Crippen LogP contribution in [0.25, 0.3) is 0 Å². The zero-order valence-electron chi connectivity index (χ0n) is 22.0. The van der Waals surface area contributed by atoms with Crippen LogP contribution in [0.3, 0.4) is 0 Å². The highest BCUT2D eigenvalue weighted by Crippen LogP contribution is 2.42. The van der Waals surface area contributed by atoms with E-state index in [0.29, 0.717) is 24.0 Å². The average Bonchev–Trinajstić information content (AvgIpc) is 2.78. The Kier molecular flexibility index (Phi) is 9.72. The molecule has 2 rings (SSSR count). The number of hydrogen-bond acceptors (Lipinski definition) is 8. The number of carbonyl (C=O) groups excluding carboxylic acids is 2. The first-order valence-corrected chi connectivity index (χ1v) is 13.4. The molecule has 1 aromatic carbocycles. The van der Waals surface area contributed by atoms with Crippen LogP contribution in [0.4, 0.5) is 0 Å². The standard InChI is InChI=1S/C24H39N5O6S/c1-14-15(2)21(16(3)17-9-11-24(4,5)35-20(14)17)36(32,33)29-23(26)27-13-7-8-18(22(31)34-6)28-19(30)10-12-25/h18H,7-13,25H2,1-6H3,(H,28,30)(H3,26,27,29). The number of ether oxygens (including phenoxy) is 2. The third-order valence-corrected chi connectivity index (χ3v) is 7.93. The molecule has 0 aromatic heterocycles. The van der Waals surface area contributed by atoms with Gasteiger partial charge >= 0.3 is 5.97 Å². The summed E-state index contributed by atoms with van der Waals surface area (Å²) in [5.41, 5.74) is 13.8. The smallest absolute Gasteiger partial charge is 0.328 e. The van der Waals surface area contributed by atoms with Gasteiger partial charge in [-0.05, 0) is 82.6 Å². The molecule has 1 aromatic rings. The quantitative estimate of drug-likeness (QED) is 0.152. The molecule has 1 atom stereocenters. The molecule has 1 heterocycles. The van der Waals surface area contributed by atoms with E-state index in [-0.39, 0.29) is 48.3 Å². The molecule has 1 amide bonds. The summed E-state index contributed by atoms with van der Waals surface area (Å²) in [6.45, 7) is 9.72. The van der Waals surface area contributed by atoms with E-state index >= 15 is 0 Å². The normalized spacial score (nSPS) is 15.9. The predicted molar refractivity (Wildman–Crippen MR) is 137 cm³/mol. The monoisotopic (exact) mass is 525 g/mol. The maximum absolute atomic E-state index is 13.3. The number of benzene rings is 1. The molecule has 0 radical (unpaired) electrons. The van der Waals surface area contributed by atoms with Gasteiger partial charge in [0.25, 0.3) is 10.0 Å². The first kappa shape index (κ1) is 29.4. The molecule has 0 fully saturated rings. The number of guanidine groups is 1. The minimum Gasteiger partial charge on any atom is -0.487 e. The molecule has 36 heavy (non-hydrogen) atoms. The third kappa shape index (κ3) is 7.10. The number of sulfonamides is 1. The SMILES string of the molecule is COC(=O)C(CCCN=C(N)NS(=O)(=O)c1c(C)c(C)c2c(c1C)CCC(C)(C)O2)NC(=O)CCN. The fourth-order valence-electron chi connectivity index (χ4n) is 4.26. The van der Waals surface area contributed by atoms with E-state index in [2.05, 4.69) is 15.0 Å². The number of carbonyl (C=O) groups is 2. The largest absolute Gasteiger partial charge is 0.487 e. The molecular formula is C24H39N5O6S. The van der Waals surface area contributed by atoms with Crippen molar-refractivity contribution in [2.75, 3.05) is 20.2 Å². The van der Waals surface area contributed by atoms with Gasteiger partial charge in [-0.1, -0.05) is 0 Å². The lowest BCUT2D eigenvalue weighted by Crippen LogP contribution is -2.42. The van der Waals surface area contributed by atoms with Crippen LogP contribution in [-0.4, -0.2) is 58.1 Å². The van der Waals surface area contributed by atoms with Gasteiger partial charge in [0.1, 0.15) is 17.4 Å². The van der Waals surface area contributed by atoms with E-state index in [1.165, 1.54) is 7.11 Å². The van der Waals surface area contributed by atoms with Gasteiger partial charge in [0.15, 0.2) is 0 Å². The molecule has 1 unspecified atom stereocenters. The second kappa shape index (κ2) is 11.9. The summed E-state index contributed by atoms with van der Waals surface area (Å²) >= 11 is 0. The fraction of sp³-hybridized carbons (Fsp3) is 0.625. The maximum Gasteiger partial charge on any atom is 0.328 e. The molecule has 0 saturated heterocycles. The molecule has 0 aliphatic carbocycles. The van der Waals surface area contributed by atoms with Gasteiger partial charge in [0.05, 0.1) is 12.0 Å². The number of rotatable bonds is 10. The van der Waals surface area contributed by atoms with Crippen molar-refractivity contribution in [3.63, 3.8) is 0 Å². The number of nitrogens with one attached hydrogen (secondary N) is 2. The summed E-state index contributed by atoms with van der Waals surface area (Å²) in [6.07, 6.45) is 2.17. The van der Waals surface area contributed by atoms with E-state index in [9.17, 15) is 18.0 Å². The van der Waals surface area contributed by atoms with Gasteiger partial charge < -0.3 is 26.3 Å². The third-order valence-electron chi connectivity index (χ3n) is 6.30. The van der Waals surface area contributed by atoms with Crippen LogP contribution < -0.4 is 26.2 Å². The number of esters is 1. The van der Waals surface area contributed by atoms with Crippen molar-refractivity contribution in [1.82, 2.24) is 10.0 Å². The van der Waals surface area contributed by atoms with Crippen molar-refractivity contribution in [1.29, 1.82) is 0 Å². The molecule has 202 valence electrons. The first-order valence-electron chi connectivity index (χ1n) is 12.0. The minimum absolute atomic E-state index is 0.0886. The van der Waals surface area contributed by atoms with Crippen LogP contribution >= 0.6 is 0 Å². The molecule has 0 saturated carbocycles. The number of fused-ring (bicyclic) bond motifs is 1. The average molecular weight is 526 g/mol. The summed E-state index contributed by atoms with van der Waals surface area (Å²) in [5.74, 6) is -0.452. The summed E-state index contributed by atoms with van der Waals surface area (Å²) in [7, 11) is -2.77. The summed E-state index contributed by atoms with van der Waals surface area (Å²) in [6, 6.07) is -0.849. The van der Waals surface area contributed by atoms with Crippen molar-refractivity contribution in [3.05, 3.63) is 22.3 Å². The Labute approximate surface area is 213 Å². The second-order valence-corrected chi connectivity index (χ2v) is 11.2. The Morgan fingerprint density at radius 1 is 1.19 bits per heavy atom. The molecule has 0 bridgehead atoms. The van der Waals surface area contributed by atoms with E-state index < -0.39 is 22.0 Å². The Balaban J connectivity index is 2.13. The number of nitrogens with two attached hydrogens (primary N) is 2. The highest BCUT2D eigenvalue weighted by atomic mass is 32.2. The molecule has 1 aliphatic rings. The second-order valence-electron chi connectivity index (χ2n) is 9.57. The highest BCUT2D eigenvalue weighted by molar-refractivity contribution is 7.90. The zero-order chi connectivity index (χ0) is 27.3. The molecule has 6 N–H and O–H groups in total. The number of aliphatic imine (C=N–C) groups is 1. The Morgan fingerprint density at radius 3 is 2.47 bits per heavy atom. The summed E-state index contributed by atoms with van der Waals surface area (Å²) < 4.78 is 39.8. The number of hydrogen-bond donors (Lipinski definition) is 4. The van der Waals surface area contributed by atoms with E-state index in [0.717, 1.165) is 23.3 Å². The highest BCUT2D eigenvalue weighted by Gasteiger charge is 2.33. The van der Waals surface area contributed by atoms with Crippen molar-refractivity contribution in [2.24, 2.45) is 16.5 Å². The van der Waals surface area contributed by atoms with Gasteiger partial charge in [0.2, 0.25) is 11.9 Å². The first-order chi connectivity index (χ1) is 16.7. The van der Waals surface area contributed by atoms with Gasteiger partial charge in [-0.25, -0.2) is 17.9 Å². The topological polar surface area (TPSA) is 175 Å². The lowest BCUT2D eigenvalue weighted by molar-refractivity contribution is -0.145. The molecular weight excluding hydrogens is 486 g/mol. The Hall–Kier alpha value is -2.86. The molecule has 12 heteroatoms. The van der Waals surface area contributed by atoms with Crippen LogP contribution in [0.15, 0.2) is 9.89 Å². The van der Waals surface area contributed by atoms with E-state index in [4.69, 9.17) is 20.9 Å². The van der Waals surface area contributed by atoms with Crippen molar-refractivity contribution < 1.29 is 27.5 Å². The van der Waals surface area contributed by atoms with Crippen molar-refractivity contribution in [2.45, 2.75) is 83.3 Å². The summed E-state index contributed by atoms with van der Waals surface area (Å²) in [4.78, 5) is 28.0. The maximum atomic E-state index is 13.3. The zero-order valence-corrected chi connectivity index (χ0v) is 22.8. The van der Waals surface area contributed by atoms with E-state index in [1.807, 2.05) is 20.8 Å². The van der Waals surface area contributed by atoms with Crippen LogP contribution in [0, 0.1) is 20.8 Å². The lowest BCUT2D eigenvalue weighted by atomic mass is 9.88. The number of methoxy groups -OCH3 is 1. The van der Waals surface area contributed by atoms with Crippen LogP contribution in [0.1, 0.15) is 61.8 Å². The Morgan fingerprint density at radius 2 is 1.86 bits per heavy atom. The van der Waals surface area contributed by atoms with Gasteiger partial charge in [-0.15, -0.1) is 0 Å². The number of nitrogens with zero attached hydrogens (tertiary/aromatic N) is 1. The fourth-order valence-corrected chi connectivity index (χ4v) is 5.78. The van der Waals surface area contributed by atoms with Crippen LogP contribution in [0.5, 0.6) is 5.75 Å². The Bertz CT molecular complexity index is 1130. The predicted octanol–water partition coefficient (Wildman–Crippen LogP) is 1.10. The van der Waals surface area contributed by atoms with Crippen molar-refractivity contribution in [3.8, 4) is 5.75 Å². The van der Waals surface area contributed by atoms with Gasteiger partial charge in [-0.3, -0.25) is 9.79 Å². The molecule has 0 spiro atoms. The van der Waals surface area contributed by atoms with Crippen LogP contribution in [-0.2, 0) is 30.8 Å². The lowest BCUT2D eigenvalue weighted by Gasteiger charge is -2.35.